The van der Waals surface area contributed by atoms with Gasteiger partial charge in [0.2, 0.25) is 5.91 Å². The Morgan fingerprint density at radius 1 is 1.38 bits per heavy atom. The van der Waals surface area contributed by atoms with Crippen LogP contribution in [0.5, 0.6) is 0 Å². The van der Waals surface area contributed by atoms with E-state index in [2.05, 4.69) is 15.7 Å². The van der Waals surface area contributed by atoms with Crippen molar-refractivity contribution in [1.82, 2.24) is 15.1 Å². The molecule has 1 aromatic carbocycles. The molecule has 0 radical (unpaired) electrons. The van der Waals surface area contributed by atoms with Crippen molar-refractivity contribution in [3.8, 4) is 0 Å². The number of halogens is 2. The number of rotatable bonds is 6. The van der Waals surface area contributed by atoms with E-state index in [4.69, 9.17) is 16.3 Å². The van der Waals surface area contributed by atoms with Crippen LogP contribution in [0, 0.1) is 5.82 Å². The van der Waals surface area contributed by atoms with Crippen LogP contribution in [0.15, 0.2) is 18.2 Å². The molecule has 1 unspecified atom stereocenters. The zero-order chi connectivity index (χ0) is 20.4. The maximum Gasteiger partial charge on any atom is 0.261 e. The molecule has 2 aliphatic rings. The number of amides is 2. The molecule has 10 heteroatoms. The molecule has 0 aliphatic carbocycles. The molecule has 1 atom stereocenters. The lowest BCUT2D eigenvalue weighted by Crippen LogP contribution is -2.34. The summed E-state index contributed by atoms with van der Waals surface area (Å²) in [6.07, 6.45) is 1.97. The van der Waals surface area contributed by atoms with Gasteiger partial charge in [-0.25, -0.2) is 9.07 Å². The average Bonchev–Trinajstić information content (AvgIpc) is 3.40. The van der Waals surface area contributed by atoms with Gasteiger partial charge < -0.3 is 15.4 Å². The fourth-order valence-electron chi connectivity index (χ4n) is 3.43. The van der Waals surface area contributed by atoms with Crippen molar-refractivity contribution in [3.05, 3.63) is 45.9 Å². The summed E-state index contributed by atoms with van der Waals surface area (Å²) >= 11 is 7.67. The molecule has 1 aromatic heterocycles. The number of nitrogens with one attached hydrogen (secondary N) is 2. The van der Waals surface area contributed by atoms with E-state index < -0.39 is 11.7 Å². The molecule has 3 heterocycles. The fraction of sp³-hybridized carbons (Fsp3) is 0.421. The average molecular weight is 439 g/mol. The second kappa shape index (κ2) is 8.73. The van der Waals surface area contributed by atoms with Crippen molar-refractivity contribution >= 4 is 41.0 Å². The van der Waals surface area contributed by atoms with Crippen LogP contribution in [0.25, 0.3) is 0 Å². The molecule has 154 valence electrons. The van der Waals surface area contributed by atoms with Crippen molar-refractivity contribution in [2.45, 2.75) is 37.0 Å². The van der Waals surface area contributed by atoms with Gasteiger partial charge in [-0.15, -0.1) is 0 Å². The number of hydrogen-bond acceptors (Lipinski definition) is 5. The Labute approximate surface area is 176 Å². The van der Waals surface area contributed by atoms with Gasteiger partial charge in [-0.3, -0.25) is 9.59 Å². The zero-order valence-corrected chi connectivity index (χ0v) is 17.1. The van der Waals surface area contributed by atoms with Crippen molar-refractivity contribution in [3.63, 3.8) is 0 Å². The van der Waals surface area contributed by atoms with E-state index in [0.717, 1.165) is 30.7 Å². The summed E-state index contributed by atoms with van der Waals surface area (Å²) in [5, 5.41) is 10.0. The van der Waals surface area contributed by atoms with Crippen LogP contribution < -0.4 is 10.6 Å². The van der Waals surface area contributed by atoms with E-state index in [-0.39, 0.29) is 29.1 Å². The number of carbonyl (C=O) groups is 2. The predicted octanol–water partition coefficient (Wildman–Crippen LogP) is 2.97. The molecule has 2 N–H and O–H groups in total. The third-order valence-electron chi connectivity index (χ3n) is 4.88. The summed E-state index contributed by atoms with van der Waals surface area (Å²) in [6.45, 7) is 1.12. The first-order chi connectivity index (χ1) is 14.0. The van der Waals surface area contributed by atoms with Crippen molar-refractivity contribution in [2.24, 2.45) is 0 Å². The Morgan fingerprint density at radius 2 is 2.24 bits per heavy atom. The van der Waals surface area contributed by atoms with E-state index in [0.29, 0.717) is 23.9 Å². The Balaban J connectivity index is 1.50. The minimum atomic E-state index is -0.707. The predicted molar refractivity (Wildman–Crippen MR) is 109 cm³/mol. The second-order valence-corrected chi connectivity index (χ2v) is 8.31. The number of thioether (sulfide) groups is 1. The van der Waals surface area contributed by atoms with Crippen LogP contribution in [0.3, 0.4) is 0 Å². The van der Waals surface area contributed by atoms with E-state index in [1.165, 1.54) is 22.9 Å². The summed E-state index contributed by atoms with van der Waals surface area (Å²) in [5.74, 6) is 0.155. The highest BCUT2D eigenvalue weighted by Gasteiger charge is 2.27. The highest BCUT2D eigenvalue weighted by molar-refractivity contribution is 7.98. The molecule has 2 amide bonds. The van der Waals surface area contributed by atoms with Crippen LogP contribution in [-0.2, 0) is 27.6 Å². The lowest BCUT2D eigenvalue weighted by Gasteiger charge is -2.13. The number of anilines is 1. The summed E-state index contributed by atoms with van der Waals surface area (Å²) in [5.41, 5.74) is 1.43. The first-order valence-electron chi connectivity index (χ1n) is 9.33. The van der Waals surface area contributed by atoms with Crippen molar-refractivity contribution in [2.75, 3.05) is 18.5 Å². The molecule has 0 bridgehead atoms. The number of hydrogen-bond donors (Lipinski definition) is 2. The van der Waals surface area contributed by atoms with Gasteiger partial charge in [-0.2, -0.15) is 16.9 Å². The SMILES string of the molecule is O=C(Cn1nc2c(c1NC(=O)c1c(F)cccc1Cl)CSC2)NCC1CCCO1. The highest BCUT2D eigenvalue weighted by Crippen LogP contribution is 2.35. The summed E-state index contributed by atoms with van der Waals surface area (Å²) in [6, 6.07) is 4.07. The van der Waals surface area contributed by atoms with Gasteiger partial charge in [0, 0.05) is 30.2 Å². The van der Waals surface area contributed by atoms with Gasteiger partial charge in [0.05, 0.1) is 22.4 Å². The van der Waals surface area contributed by atoms with Crippen molar-refractivity contribution in [1.29, 1.82) is 0 Å². The highest BCUT2D eigenvalue weighted by atomic mass is 35.5. The number of aromatic nitrogens is 2. The molecule has 4 rings (SSSR count). The number of fused-ring (bicyclic) bond motifs is 1. The molecule has 0 spiro atoms. The molecule has 2 aromatic rings. The Hall–Kier alpha value is -2.10. The van der Waals surface area contributed by atoms with E-state index in [1.54, 1.807) is 11.8 Å². The molecule has 29 heavy (non-hydrogen) atoms. The van der Waals surface area contributed by atoms with Crippen LogP contribution in [0.2, 0.25) is 5.02 Å². The number of carbonyl (C=O) groups excluding carboxylic acids is 2. The van der Waals surface area contributed by atoms with E-state index in [1.807, 2.05) is 0 Å². The maximum atomic E-state index is 14.1. The lowest BCUT2D eigenvalue weighted by molar-refractivity contribution is -0.122. The molecule has 1 fully saturated rings. The Morgan fingerprint density at radius 3 is 3.00 bits per heavy atom. The smallest absolute Gasteiger partial charge is 0.261 e. The maximum absolute atomic E-state index is 14.1. The minimum absolute atomic E-state index is 0.0221. The number of nitrogens with zero attached hydrogens (tertiary/aromatic N) is 2. The topological polar surface area (TPSA) is 85.2 Å². The molecular formula is C19H20ClFN4O3S. The van der Waals surface area contributed by atoms with Crippen LogP contribution in [0.4, 0.5) is 10.2 Å². The summed E-state index contributed by atoms with van der Waals surface area (Å²) in [4.78, 5) is 25.1. The van der Waals surface area contributed by atoms with Gasteiger partial charge in [-0.1, -0.05) is 17.7 Å². The third-order valence-corrected chi connectivity index (χ3v) is 6.17. The van der Waals surface area contributed by atoms with Crippen molar-refractivity contribution < 1.29 is 18.7 Å². The van der Waals surface area contributed by atoms with Gasteiger partial charge in [0.1, 0.15) is 18.2 Å². The number of ether oxygens (including phenoxy) is 1. The normalized spacial score (nSPS) is 17.9. The first kappa shape index (κ1) is 20.2. The Bertz CT molecular complexity index is 926. The van der Waals surface area contributed by atoms with Gasteiger partial charge in [0.25, 0.3) is 5.91 Å². The zero-order valence-electron chi connectivity index (χ0n) is 15.5. The monoisotopic (exact) mass is 438 g/mol. The summed E-state index contributed by atoms with van der Waals surface area (Å²) < 4.78 is 21.1. The third kappa shape index (κ3) is 4.41. The molecule has 1 saturated heterocycles. The molecule has 0 saturated carbocycles. The van der Waals surface area contributed by atoms with Crippen LogP contribution in [-0.4, -0.2) is 40.9 Å². The second-order valence-electron chi connectivity index (χ2n) is 6.91. The molecule has 7 nitrogen and oxygen atoms in total. The molecular weight excluding hydrogens is 419 g/mol. The molecule has 2 aliphatic heterocycles. The number of benzene rings is 1. The van der Waals surface area contributed by atoms with Crippen LogP contribution in [0.1, 0.15) is 34.5 Å². The Kier molecular flexibility index (Phi) is 6.07. The van der Waals surface area contributed by atoms with Gasteiger partial charge >= 0.3 is 0 Å². The van der Waals surface area contributed by atoms with Crippen LogP contribution >= 0.6 is 23.4 Å². The van der Waals surface area contributed by atoms with E-state index in [9.17, 15) is 14.0 Å². The first-order valence-corrected chi connectivity index (χ1v) is 10.9. The minimum Gasteiger partial charge on any atom is -0.376 e. The standard InChI is InChI=1S/C19H20ClFN4O3S/c20-13-4-1-5-14(21)17(13)19(27)23-18-12-9-29-10-15(12)24-25(18)8-16(26)22-7-11-3-2-6-28-11/h1,4-5,11H,2-3,6-10H2,(H,22,26)(H,23,27). The lowest BCUT2D eigenvalue weighted by atomic mass is 10.2. The summed E-state index contributed by atoms with van der Waals surface area (Å²) in [7, 11) is 0. The largest absolute Gasteiger partial charge is 0.376 e. The van der Waals surface area contributed by atoms with E-state index >= 15 is 0 Å². The fourth-order valence-corrected chi connectivity index (χ4v) is 4.71. The van der Waals surface area contributed by atoms with Gasteiger partial charge in [-0.05, 0) is 25.0 Å². The van der Waals surface area contributed by atoms with Gasteiger partial charge in [0.15, 0.2) is 0 Å². The quantitative estimate of drug-likeness (QED) is 0.724.